The first-order valence-corrected chi connectivity index (χ1v) is 19.6. The van der Waals surface area contributed by atoms with Crippen molar-refractivity contribution < 1.29 is 72.5 Å². The molecule has 1 aliphatic carbocycles. The molecule has 4 aliphatic heterocycles. The Kier molecular flexibility index (Phi) is 12.7. The standard InChI is InChI=1S/C41H60O15/c1-22-30(43)20-28-16-25-17-34(46)56-40(25,53-28)35(47)38(5,6)11-10-23-12-24(15-32(44)50-9)14-27(13-23)54-41(49)39(7,8)31(52-36(48)37(2,3)4)21-29(55-41)18-26(42)19-33(45)51-22/h10-11,15,22-23,25-31,42-43,49H,12-14,16-21H2,1-9H3/b11-10+,24-15+/t22-,23+,25+,26+,27+,28+,29-,30-,31+,40?,41+/m1/s1. The number of rotatable bonds is 2. The van der Waals surface area contributed by atoms with Gasteiger partial charge in [-0.25, -0.2) is 4.79 Å². The molecule has 5 rings (SSSR count). The molecule has 1 unspecified atom stereocenters. The van der Waals surface area contributed by atoms with Crippen LogP contribution in [-0.4, -0.2) is 107 Å². The van der Waals surface area contributed by atoms with E-state index in [9.17, 15) is 39.3 Å². The van der Waals surface area contributed by atoms with Gasteiger partial charge in [-0.2, -0.15) is 0 Å². The maximum Gasteiger partial charge on any atom is 0.330 e. The summed E-state index contributed by atoms with van der Waals surface area (Å²) in [6, 6.07) is 0. The minimum Gasteiger partial charge on any atom is -0.466 e. The number of carbonyl (C=O) groups excluding carboxylic acids is 5. The molecule has 0 aromatic carbocycles. The number of fused-ring (bicyclic) bond motifs is 5. The van der Waals surface area contributed by atoms with Gasteiger partial charge in [-0.15, -0.1) is 0 Å². The third-order valence-electron chi connectivity index (χ3n) is 11.8. The number of allylic oxidation sites excluding steroid dienone is 2. The zero-order valence-electron chi connectivity index (χ0n) is 34.0. The minimum atomic E-state index is -2.40. The summed E-state index contributed by atoms with van der Waals surface area (Å²) < 4.78 is 41.0. The van der Waals surface area contributed by atoms with Crippen LogP contribution in [-0.2, 0) is 57.1 Å². The number of ether oxygens (including phenoxy) is 7. The Morgan fingerprint density at radius 1 is 0.857 bits per heavy atom. The van der Waals surface area contributed by atoms with E-state index in [1.165, 1.54) is 20.1 Å². The summed E-state index contributed by atoms with van der Waals surface area (Å²) in [5.41, 5.74) is -2.82. The Hall–Kier alpha value is -3.21. The van der Waals surface area contributed by atoms with E-state index in [-0.39, 0.29) is 44.4 Å². The monoisotopic (exact) mass is 792 g/mol. The van der Waals surface area contributed by atoms with Crippen molar-refractivity contribution in [1.82, 2.24) is 0 Å². The lowest BCUT2D eigenvalue weighted by Gasteiger charge is -2.53. The SMILES string of the molecule is COC(=O)/C=C1\C[C@@H]2/C=C/C(C)(C)C(=O)C34OC(=O)C[C@@H]3C[C@@H](C[C@@H](O)[C@@H](C)OC(=O)C[C@@H](O)C[C@@H]3C[C@H](OC(=O)C(C)(C)C)C(C)(C)[C@](O)(O[C@H](C1)C2)O3)O4. The molecule has 1 saturated carbocycles. The van der Waals surface area contributed by atoms with Crippen LogP contribution >= 0.6 is 0 Å². The van der Waals surface area contributed by atoms with Crippen LogP contribution in [0.25, 0.3) is 0 Å². The number of aliphatic hydroxyl groups excluding tert-OH is 2. The fourth-order valence-electron chi connectivity index (χ4n) is 8.32. The zero-order valence-corrected chi connectivity index (χ0v) is 34.0. The molecule has 3 N–H and O–H groups in total. The van der Waals surface area contributed by atoms with Crippen LogP contribution in [0, 0.1) is 28.1 Å². The second-order valence-corrected chi connectivity index (χ2v) is 18.4. The molecule has 6 bridgehead atoms. The van der Waals surface area contributed by atoms with Gasteiger partial charge >= 0.3 is 23.9 Å². The van der Waals surface area contributed by atoms with E-state index in [1.807, 2.05) is 6.08 Å². The van der Waals surface area contributed by atoms with E-state index in [1.54, 1.807) is 54.5 Å². The average molecular weight is 793 g/mol. The Balaban J connectivity index is 1.53. The molecule has 0 radical (unpaired) electrons. The fourth-order valence-corrected chi connectivity index (χ4v) is 8.32. The highest BCUT2D eigenvalue weighted by Crippen LogP contribution is 2.51. The van der Waals surface area contributed by atoms with Gasteiger partial charge in [0.15, 0.2) is 0 Å². The zero-order chi connectivity index (χ0) is 41.6. The molecule has 0 aromatic rings. The number of esters is 4. The van der Waals surface area contributed by atoms with Gasteiger partial charge in [-0.1, -0.05) is 17.7 Å². The predicted octanol–water partition coefficient (Wildman–Crippen LogP) is 3.73. The molecule has 15 nitrogen and oxygen atoms in total. The molecule has 4 fully saturated rings. The van der Waals surface area contributed by atoms with Crippen molar-refractivity contribution in [2.45, 2.75) is 168 Å². The molecular formula is C41H60O15. The van der Waals surface area contributed by atoms with E-state index < -0.39 is 113 Å². The second-order valence-electron chi connectivity index (χ2n) is 18.4. The summed E-state index contributed by atoms with van der Waals surface area (Å²) in [6.45, 7) is 13.3. The van der Waals surface area contributed by atoms with Crippen molar-refractivity contribution in [3.8, 4) is 0 Å². The third kappa shape index (κ3) is 9.39. The van der Waals surface area contributed by atoms with Crippen LogP contribution in [0.5, 0.6) is 0 Å². The number of carbonyl (C=O) groups is 5. The van der Waals surface area contributed by atoms with Crippen molar-refractivity contribution in [1.29, 1.82) is 0 Å². The number of ketones is 1. The topological polar surface area (TPSA) is 211 Å². The maximum atomic E-state index is 14.4. The van der Waals surface area contributed by atoms with Gasteiger partial charge in [-0.3, -0.25) is 19.2 Å². The van der Waals surface area contributed by atoms with Crippen LogP contribution in [0.4, 0.5) is 0 Å². The number of cyclic esters (lactones) is 1. The smallest absolute Gasteiger partial charge is 0.330 e. The Bertz CT molecular complexity index is 1590. The lowest BCUT2D eigenvalue weighted by atomic mass is 9.76. The maximum absolute atomic E-state index is 14.4. The first kappa shape index (κ1) is 43.9. The van der Waals surface area contributed by atoms with E-state index in [0.29, 0.717) is 18.4 Å². The summed E-state index contributed by atoms with van der Waals surface area (Å²) in [5, 5.41) is 34.5. The molecule has 15 heteroatoms. The van der Waals surface area contributed by atoms with Crippen molar-refractivity contribution >= 4 is 29.7 Å². The van der Waals surface area contributed by atoms with Crippen LogP contribution < -0.4 is 0 Å². The summed E-state index contributed by atoms with van der Waals surface area (Å²) in [4.78, 5) is 65.6. The summed E-state index contributed by atoms with van der Waals surface area (Å²) >= 11 is 0. The number of Topliss-reactive ketones (excluding diaryl/α,β-unsaturated/α-hetero) is 1. The van der Waals surface area contributed by atoms with Crippen molar-refractivity contribution in [3.05, 3.63) is 23.8 Å². The van der Waals surface area contributed by atoms with Crippen LogP contribution in [0.2, 0.25) is 0 Å². The van der Waals surface area contributed by atoms with E-state index in [0.717, 1.165) is 0 Å². The van der Waals surface area contributed by atoms with E-state index in [4.69, 9.17) is 33.2 Å². The van der Waals surface area contributed by atoms with Gasteiger partial charge in [0.25, 0.3) is 11.8 Å². The van der Waals surface area contributed by atoms with Crippen LogP contribution in [0.1, 0.15) is 113 Å². The van der Waals surface area contributed by atoms with Gasteiger partial charge in [-0.05, 0) is 87.0 Å². The molecule has 314 valence electrons. The first-order chi connectivity index (χ1) is 25.9. The Morgan fingerprint density at radius 2 is 1.52 bits per heavy atom. The molecule has 3 saturated heterocycles. The Labute approximate surface area is 328 Å². The van der Waals surface area contributed by atoms with Crippen molar-refractivity contribution in [3.63, 3.8) is 0 Å². The summed E-state index contributed by atoms with van der Waals surface area (Å²) in [5.74, 6) is -8.15. The molecule has 11 atom stereocenters. The molecule has 56 heavy (non-hydrogen) atoms. The first-order valence-electron chi connectivity index (χ1n) is 19.6. The second kappa shape index (κ2) is 16.2. The highest BCUT2D eigenvalue weighted by molar-refractivity contribution is 5.96. The van der Waals surface area contributed by atoms with Crippen molar-refractivity contribution in [2.24, 2.45) is 28.1 Å². The van der Waals surface area contributed by atoms with Crippen LogP contribution in [0.3, 0.4) is 0 Å². The number of hydrogen-bond donors (Lipinski definition) is 3. The van der Waals surface area contributed by atoms with Crippen molar-refractivity contribution in [2.75, 3.05) is 7.11 Å². The largest absolute Gasteiger partial charge is 0.466 e. The third-order valence-corrected chi connectivity index (χ3v) is 11.8. The average Bonchev–Trinajstić information content (AvgIpc) is 3.56. The van der Waals surface area contributed by atoms with Gasteiger partial charge in [0.1, 0.15) is 12.2 Å². The normalized spacial score (nSPS) is 40.6. The molecular weight excluding hydrogens is 732 g/mol. The lowest BCUT2D eigenvalue weighted by molar-refractivity contribution is -0.461. The summed E-state index contributed by atoms with van der Waals surface area (Å²) in [7, 11) is 1.26. The number of methoxy groups -OCH3 is 1. The minimum absolute atomic E-state index is 0.0198. The van der Waals surface area contributed by atoms with Crippen LogP contribution in [0.15, 0.2) is 23.8 Å². The van der Waals surface area contributed by atoms with Gasteiger partial charge in [0, 0.05) is 36.7 Å². The Morgan fingerprint density at radius 3 is 2.18 bits per heavy atom. The highest BCUT2D eigenvalue weighted by atomic mass is 16.8. The fraction of sp³-hybridized carbons (Fsp3) is 0.780. The predicted molar refractivity (Wildman–Crippen MR) is 196 cm³/mol. The molecule has 0 aromatic heterocycles. The quantitative estimate of drug-likeness (QED) is 0.157. The number of aliphatic hydroxyl groups is 3. The molecule has 0 amide bonds. The van der Waals surface area contributed by atoms with Gasteiger partial charge < -0.3 is 48.5 Å². The van der Waals surface area contributed by atoms with E-state index >= 15 is 0 Å². The number of hydrogen-bond acceptors (Lipinski definition) is 15. The van der Waals surface area contributed by atoms with E-state index in [2.05, 4.69) is 0 Å². The molecule has 4 heterocycles. The molecule has 5 aliphatic rings. The summed E-state index contributed by atoms with van der Waals surface area (Å²) in [6.07, 6.45) is -1.48. The highest BCUT2D eigenvalue weighted by Gasteiger charge is 2.64. The molecule has 1 spiro atoms. The van der Waals surface area contributed by atoms with Gasteiger partial charge in [0.2, 0.25) is 5.78 Å². The van der Waals surface area contributed by atoms with Gasteiger partial charge in [0.05, 0.1) is 61.3 Å². The lowest BCUT2D eigenvalue weighted by Crippen LogP contribution is -2.63.